The molecule has 0 saturated heterocycles. The zero-order valence-corrected chi connectivity index (χ0v) is 11.1. The van der Waals surface area contributed by atoms with Crippen LogP contribution in [0.2, 0.25) is 0 Å². The van der Waals surface area contributed by atoms with E-state index in [0.29, 0.717) is 4.60 Å². The average molecular weight is 325 g/mol. The molecule has 0 aliphatic carbocycles. The van der Waals surface area contributed by atoms with E-state index in [0.717, 1.165) is 12.1 Å². The fourth-order valence-corrected chi connectivity index (χ4v) is 1.75. The largest absolute Gasteiger partial charge is 0.473 e. The number of hydrogen-bond acceptors (Lipinski definition) is 3. The summed E-state index contributed by atoms with van der Waals surface area (Å²) in [6, 6.07) is 8.58. The van der Waals surface area contributed by atoms with Gasteiger partial charge in [0.05, 0.1) is 17.2 Å². The first kappa shape index (κ1) is 13.4. The number of aromatic nitrogens is 1. The summed E-state index contributed by atoms with van der Waals surface area (Å²) >= 11 is 3.16. The zero-order valence-electron chi connectivity index (χ0n) is 9.53. The number of hydrogen-bond donors (Lipinski definition) is 0. The molecular weight excluding hydrogens is 318 g/mol. The van der Waals surface area contributed by atoms with E-state index in [-0.39, 0.29) is 23.6 Å². The van der Waals surface area contributed by atoms with Crippen LogP contribution in [-0.4, -0.2) is 4.98 Å². The molecule has 0 spiro atoms. The van der Waals surface area contributed by atoms with Gasteiger partial charge in [0.1, 0.15) is 22.8 Å². The molecule has 0 unspecified atom stereocenters. The van der Waals surface area contributed by atoms with Gasteiger partial charge in [0, 0.05) is 6.07 Å². The molecule has 0 radical (unpaired) electrons. The fraction of sp³-hybridized carbons (Fsp3) is 0.0769. The second-order valence-electron chi connectivity index (χ2n) is 3.62. The molecule has 0 fully saturated rings. The highest BCUT2D eigenvalue weighted by Crippen LogP contribution is 2.18. The third-order valence-electron chi connectivity index (χ3n) is 2.32. The zero-order chi connectivity index (χ0) is 13.8. The van der Waals surface area contributed by atoms with Gasteiger partial charge >= 0.3 is 0 Å². The highest BCUT2D eigenvalue weighted by Gasteiger charge is 2.12. The van der Waals surface area contributed by atoms with Crippen LogP contribution in [0.5, 0.6) is 5.88 Å². The number of pyridine rings is 1. The van der Waals surface area contributed by atoms with E-state index in [1.54, 1.807) is 24.3 Å². The molecule has 2 rings (SSSR count). The van der Waals surface area contributed by atoms with E-state index >= 15 is 0 Å². The van der Waals surface area contributed by atoms with E-state index in [1.807, 2.05) is 0 Å². The average Bonchev–Trinajstić information content (AvgIpc) is 2.37. The smallest absolute Gasteiger partial charge is 0.214 e. The molecule has 6 heteroatoms. The summed E-state index contributed by atoms with van der Waals surface area (Å²) in [6.45, 7) is -0.299. The van der Waals surface area contributed by atoms with Crippen molar-refractivity contribution in [2.45, 2.75) is 6.61 Å². The van der Waals surface area contributed by atoms with Crippen LogP contribution in [-0.2, 0) is 6.61 Å². The molecule has 0 amide bonds. The van der Waals surface area contributed by atoms with Crippen molar-refractivity contribution >= 4 is 15.9 Å². The molecule has 0 saturated carbocycles. The van der Waals surface area contributed by atoms with Crippen LogP contribution in [0.3, 0.4) is 0 Å². The summed E-state index contributed by atoms with van der Waals surface area (Å²) in [5, 5.41) is 8.59. The Kier molecular flexibility index (Phi) is 4.07. The van der Waals surface area contributed by atoms with Crippen LogP contribution < -0.4 is 4.74 Å². The van der Waals surface area contributed by atoms with Crippen molar-refractivity contribution in [3.63, 3.8) is 0 Å². The van der Waals surface area contributed by atoms with Crippen molar-refractivity contribution in [1.82, 2.24) is 4.98 Å². The van der Waals surface area contributed by atoms with Crippen LogP contribution in [0, 0.1) is 23.0 Å². The first-order chi connectivity index (χ1) is 9.10. The molecule has 3 nitrogen and oxygen atoms in total. The standard InChI is InChI=1S/C13H7BrF2N2O/c14-12-2-1-3-13(18-12)19-7-9-10(15)4-8(6-17)5-11(9)16/h1-5H,7H2. The maximum Gasteiger partial charge on any atom is 0.214 e. The second-order valence-corrected chi connectivity index (χ2v) is 4.43. The van der Waals surface area contributed by atoms with Crippen LogP contribution in [0.4, 0.5) is 8.78 Å². The minimum atomic E-state index is -0.813. The lowest BCUT2D eigenvalue weighted by Gasteiger charge is -2.07. The predicted molar refractivity (Wildman–Crippen MR) is 67.3 cm³/mol. The second kappa shape index (κ2) is 5.76. The van der Waals surface area contributed by atoms with Crippen LogP contribution >= 0.6 is 15.9 Å². The van der Waals surface area contributed by atoms with Crippen molar-refractivity contribution in [2.75, 3.05) is 0 Å². The van der Waals surface area contributed by atoms with Gasteiger partial charge in [-0.1, -0.05) is 6.07 Å². The van der Waals surface area contributed by atoms with Crippen LogP contribution in [0.25, 0.3) is 0 Å². The van der Waals surface area contributed by atoms with E-state index in [9.17, 15) is 8.78 Å². The normalized spacial score (nSPS) is 10.0. The molecular formula is C13H7BrF2N2O. The first-order valence-corrected chi connectivity index (χ1v) is 6.03. The summed E-state index contributed by atoms with van der Waals surface area (Å²) < 4.78 is 32.9. The molecule has 0 bridgehead atoms. The van der Waals surface area contributed by atoms with E-state index in [1.165, 1.54) is 0 Å². The molecule has 1 aromatic carbocycles. The van der Waals surface area contributed by atoms with Gasteiger partial charge in [0.2, 0.25) is 5.88 Å². The van der Waals surface area contributed by atoms with E-state index in [2.05, 4.69) is 20.9 Å². The number of nitrogens with zero attached hydrogens (tertiary/aromatic N) is 2. The van der Waals surface area contributed by atoms with Gasteiger partial charge in [-0.15, -0.1) is 0 Å². The lowest BCUT2D eigenvalue weighted by atomic mass is 10.1. The quantitative estimate of drug-likeness (QED) is 0.811. The Bertz CT molecular complexity index is 632. The molecule has 2 aromatic rings. The Morgan fingerprint density at radius 2 is 1.95 bits per heavy atom. The summed E-state index contributed by atoms with van der Waals surface area (Å²) in [6.07, 6.45) is 0. The monoisotopic (exact) mass is 324 g/mol. The minimum absolute atomic E-state index is 0.0701. The van der Waals surface area contributed by atoms with Gasteiger partial charge in [-0.2, -0.15) is 5.26 Å². The van der Waals surface area contributed by atoms with Gasteiger partial charge in [-0.25, -0.2) is 13.8 Å². The maximum absolute atomic E-state index is 13.6. The molecule has 1 heterocycles. The van der Waals surface area contributed by atoms with Gasteiger partial charge in [-0.05, 0) is 34.1 Å². The Labute approximate surface area is 116 Å². The van der Waals surface area contributed by atoms with Gasteiger partial charge in [0.15, 0.2) is 0 Å². The maximum atomic E-state index is 13.6. The number of benzene rings is 1. The number of rotatable bonds is 3. The summed E-state index contributed by atoms with van der Waals surface area (Å²) in [7, 11) is 0. The molecule has 0 N–H and O–H groups in total. The predicted octanol–water partition coefficient (Wildman–Crippen LogP) is 3.57. The van der Waals surface area contributed by atoms with Crippen molar-refractivity contribution in [3.05, 3.63) is 57.7 Å². The van der Waals surface area contributed by atoms with Crippen LogP contribution in [0.15, 0.2) is 34.9 Å². The summed E-state index contributed by atoms with van der Waals surface area (Å²) in [5.74, 6) is -1.38. The topological polar surface area (TPSA) is 45.9 Å². The lowest BCUT2D eigenvalue weighted by molar-refractivity contribution is 0.281. The highest BCUT2D eigenvalue weighted by atomic mass is 79.9. The van der Waals surface area contributed by atoms with Crippen molar-refractivity contribution in [2.24, 2.45) is 0 Å². The van der Waals surface area contributed by atoms with Crippen LogP contribution in [0.1, 0.15) is 11.1 Å². The Morgan fingerprint density at radius 3 is 2.53 bits per heavy atom. The van der Waals surface area contributed by atoms with Crippen molar-refractivity contribution < 1.29 is 13.5 Å². The van der Waals surface area contributed by atoms with Gasteiger partial charge in [0.25, 0.3) is 0 Å². The van der Waals surface area contributed by atoms with Gasteiger partial charge < -0.3 is 4.74 Å². The Morgan fingerprint density at radius 1 is 1.26 bits per heavy atom. The Hall–Kier alpha value is -2.00. The summed E-state index contributed by atoms with van der Waals surface area (Å²) in [4.78, 5) is 3.98. The number of ether oxygens (including phenoxy) is 1. The molecule has 1 aromatic heterocycles. The molecule has 96 valence electrons. The van der Waals surface area contributed by atoms with Crippen molar-refractivity contribution in [1.29, 1.82) is 5.26 Å². The van der Waals surface area contributed by atoms with E-state index in [4.69, 9.17) is 10.00 Å². The summed E-state index contributed by atoms with van der Waals surface area (Å²) in [5.41, 5.74) is -0.305. The Balaban J connectivity index is 2.18. The van der Waals surface area contributed by atoms with E-state index < -0.39 is 11.6 Å². The molecule has 19 heavy (non-hydrogen) atoms. The lowest BCUT2D eigenvalue weighted by Crippen LogP contribution is -2.03. The SMILES string of the molecule is N#Cc1cc(F)c(COc2cccc(Br)n2)c(F)c1. The molecule has 0 atom stereocenters. The highest BCUT2D eigenvalue weighted by molar-refractivity contribution is 9.10. The van der Waals surface area contributed by atoms with Crippen molar-refractivity contribution in [3.8, 4) is 11.9 Å². The molecule has 0 aliphatic rings. The molecule has 0 aliphatic heterocycles. The number of nitriles is 1. The number of halogens is 3. The first-order valence-electron chi connectivity index (χ1n) is 5.23. The van der Waals surface area contributed by atoms with Gasteiger partial charge in [-0.3, -0.25) is 0 Å². The third kappa shape index (κ3) is 3.26. The fourth-order valence-electron chi connectivity index (χ4n) is 1.42. The minimum Gasteiger partial charge on any atom is -0.473 e. The third-order valence-corrected chi connectivity index (χ3v) is 2.77.